The third-order valence-electron chi connectivity index (χ3n) is 3.17. The van der Waals surface area contributed by atoms with E-state index in [1.807, 2.05) is 13.8 Å². The van der Waals surface area contributed by atoms with Crippen molar-refractivity contribution in [3.8, 4) is 0 Å². The van der Waals surface area contributed by atoms with E-state index in [0.29, 0.717) is 6.54 Å². The van der Waals surface area contributed by atoms with Crippen molar-refractivity contribution in [1.82, 2.24) is 5.32 Å². The molecule has 6 nitrogen and oxygen atoms in total. The highest BCUT2D eigenvalue weighted by molar-refractivity contribution is 7.91. The van der Waals surface area contributed by atoms with Crippen molar-refractivity contribution in [3.63, 3.8) is 0 Å². The first kappa shape index (κ1) is 19.2. The van der Waals surface area contributed by atoms with Gasteiger partial charge in [-0.05, 0) is 25.5 Å². The highest BCUT2D eigenvalue weighted by Gasteiger charge is 2.17. The Bertz CT molecular complexity index is 622. The summed E-state index contributed by atoms with van der Waals surface area (Å²) in [4.78, 5) is 23.1. The Morgan fingerprint density at radius 3 is 2.43 bits per heavy atom. The van der Waals surface area contributed by atoms with Crippen LogP contribution in [0.1, 0.15) is 31.7 Å². The minimum atomic E-state index is -3.53. The second kappa shape index (κ2) is 9.29. The van der Waals surface area contributed by atoms with E-state index in [4.69, 9.17) is 4.74 Å². The van der Waals surface area contributed by atoms with Gasteiger partial charge in [0.2, 0.25) is 0 Å². The van der Waals surface area contributed by atoms with Gasteiger partial charge in [0.1, 0.15) is 0 Å². The summed E-state index contributed by atoms with van der Waals surface area (Å²) in [6.07, 6.45) is 1.53. The lowest BCUT2D eigenvalue weighted by atomic mass is 10.2. The van der Waals surface area contributed by atoms with Crippen LogP contribution in [0.3, 0.4) is 0 Å². The SMILES string of the molecule is CCCCNC(=O)COC(=O)CCS(=O)(=O)c1ccc(C)cc1. The molecule has 7 heteroatoms. The maximum Gasteiger partial charge on any atom is 0.307 e. The predicted octanol–water partition coefficient (Wildman–Crippen LogP) is 1.62. The molecule has 0 radical (unpaired) electrons. The maximum absolute atomic E-state index is 12.1. The summed E-state index contributed by atoms with van der Waals surface area (Å²) >= 11 is 0. The molecule has 1 N–H and O–H groups in total. The molecular formula is C16H23NO5S. The topological polar surface area (TPSA) is 89.5 Å². The summed E-state index contributed by atoms with van der Waals surface area (Å²) in [5, 5.41) is 2.61. The van der Waals surface area contributed by atoms with E-state index in [1.54, 1.807) is 12.1 Å². The number of ether oxygens (including phenoxy) is 1. The molecule has 1 aromatic rings. The lowest BCUT2D eigenvalue weighted by Crippen LogP contribution is -2.29. The molecule has 0 aliphatic rings. The summed E-state index contributed by atoms with van der Waals surface area (Å²) in [6, 6.07) is 6.42. The normalized spacial score (nSPS) is 11.0. The molecule has 128 valence electrons. The fourth-order valence-electron chi connectivity index (χ4n) is 1.75. The first-order chi connectivity index (χ1) is 10.8. The minimum absolute atomic E-state index is 0.174. The largest absolute Gasteiger partial charge is 0.456 e. The van der Waals surface area contributed by atoms with Crippen molar-refractivity contribution in [2.24, 2.45) is 0 Å². The highest BCUT2D eigenvalue weighted by atomic mass is 32.2. The summed E-state index contributed by atoms with van der Waals surface area (Å²) in [5.41, 5.74) is 0.956. The molecule has 1 rings (SSSR count). The number of amides is 1. The number of hydrogen-bond acceptors (Lipinski definition) is 5. The number of benzene rings is 1. The van der Waals surface area contributed by atoms with Gasteiger partial charge in [0.25, 0.3) is 5.91 Å². The quantitative estimate of drug-likeness (QED) is 0.544. The number of rotatable bonds is 9. The lowest BCUT2D eigenvalue weighted by molar-refractivity contribution is -0.148. The van der Waals surface area contributed by atoms with Crippen molar-refractivity contribution in [1.29, 1.82) is 0 Å². The van der Waals surface area contributed by atoms with Crippen LogP contribution in [0.15, 0.2) is 29.2 Å². The molecule has 0 bridgehead atoms. The van der Waals surface area contributed by atoms with Crippen molar-refractivity contribution in [2.75, 3.05) is 18.9 Å². The zero-order valence-corrected chi connectivity index (χ0v) is 14.3. The molecule has 0 atom stereocenters. The van der Waals surface area contributed by atoms with E-state index in [9.17, 15) is 18.0 Å². The Balaban J connectivity index is 2.37. The molecule has 0 heterocycles. The van der Waals surface area contributed by atoms with Gasteiger partial charge in [0.15, 0.2) is 16.4 Å². The molecule has 0 aromatic heterocycles. The Hall–Kier alpha value is -1.89. The van der Waals surface area contributed by atoms with E-state index in [0.717, 1.165) is 18.4 Å². The molecular weight excluding hydrogens is 318 g/mol. The summed E-state index contributed by atoms with van der Waals surface area (Å²) in [6.45, 7) is 4.02. The lowest BCUT2D eigenvalue weighted by Gasteiger charge is -2.07. The van der Waals surface area contributed by atoms with Crippen LogP contribution in [-0.2, 0) is 24.2 Å². The van der Waals surface area contributed by atoms with E-state index < -0.39 is 15.8 Å². The summed E-state index contributed by atoms with van der Waals surface area (Å²) in [7, 11) is -3.53. The standard InChI is InChI=1S/C16H23NO5S/c1-3-4-10-17-15(18)12-22-16(19)9-11-23(20,21)14-7-5-13(2)6-8-14/h5-8H,3-4,9-12H2,1-2H3,(H,17,18). The Morgan fingerprint density at radius 1 is 1.17 bits per heavy atom. The van der Waals surface area contributed by atoms with E-state index >= 15 is 0 Å². The summed E-state index contributed by atoms with van der Waals surface area (Å²) in [5.74, 6) is -1.42. The Kier molecular flexibility index (Phi) is 7.74. The summed E-state index contributed by atoms with van der Waals surface area (Å²) < 4.78 is 28.9. The third kappa shape index (κ3) is 7.27. The fourth-order valence-corrected chi connectivity index (χ4v) is 2.98. The monoisotopic (exact) mass is 341 g/mol. The van der Waals surface area contributed by atoms with Crippen LogP contribution in [0, 0.1) is 6.92 Å². The number of nitrogens with one attached hydrogen (secondary N) is 1. The van der Waals surface area contributed by atoms with Gasteiger partial charge in [-0.2, -0.15) is 0 Å². The van der Waals surface area contributed by atoms with Gasteiger partial charge in [-0.1, -0.05) is 31.0 Å². The van der Waals surface area contributed by atoms with Crippen LogP contribution >= 0.6 is 0 Å². The van der Waals surface area contributed by atoms with Crippen LogP contribution < -0.4 is 5.32 Å². The van der Waals surface area contributed by atoms with E-state index in [-0.39, 0.29) is 29.6 Å². The Morgan fingerprint density at radius 2 is 1.83 bits per heavy atom. The smallest absolute Gasteiger partial charge is 0.307 e. The van der Waals surface area contributed by atoms with Crippen molar-refractivity contribution >= 4 is 21.7 Å². The van der Waals surface area contributed by atoms with Crippen molar-refractivity contribution < 1.29 is 22.7 Å². The Labute approximate surface area is 137 Å². The minimum Gasteiger partial charge on any atom is -0.456 e. The van der Waals surface area contributed by atoms with Crippen LogP contribution in [0.25, 0.3) is 0 Å². The molecule has 0 saturated carbocycles. The van der Waals surface area contributed by atoms with Crippen LogP contribution in [0.4, 0.5) is 0 Å². The fraction of sp³-hybridized carbons (Fsp3) is 0.500. The van der Waals surface area contributed by atoms with Crippen LogP contribution in [0.5, 0.6) is 0 Å². The van der Waals surface area contributed by atoms with Crippen LogP contribution in [0.2, 0.25) is 0 Å². The molecule has 0 aliphatic heterocycles. The second-order valence-corrected chi connectivity index (χ2v) is 7.36. The van der Waals surface area contributed by atoms with E-state index in [2.05, 4.69) is 5.32 Å². The molecule has 1 amide bonds. The highest BCUT2D eigenvalue weighted by Crippen LogP contribution is 2.13. The van der Waals surface area contributed by atoms with Gasteiger partial charge >= 0.3 is 5.97 Å². The van der Waals surface area contributed by atoms with E-state index in [1.165, 1.54) is 12.1 Å². The number of unbranched alkanes of at least 4 members (excludes halogenated alkanes) is 1. The average molecular weight is 341 g/mol. The maximum atomic E-state index is 12.1. The van der Waals surface area contributed by atoms with Crippen molar-refractivity contribution in [2.45, 2.75) is 38.0 Å². The van der Waals surface area contributed by atoms with Crippen molar-refractivity contribution in [3.05, 3.63) is 29.8 Å². The molecule has 1 aromatic carbocycles. The molecule has 0 saturated heterocycles. The average Bonchev–Trinajstić information content (AvgIpc) is 2.52. The van der Waals surface area contributed by atoms with Gasteiger partial charge in [-0.3, -0.25) is 9.59 Å². The van der Waals surface area contributed by atoms with Gasteiger partial charge in [0, 0.05) is 6.54 Å². The zero-order chi connectivity index (χ0) is 17.3. The number of hydrogen-bond donors (Lipinski definition) is 1. The molecule has 23 heavy (non-hydrogen) atoms. The molecule has 0 fully saturated rings. The number of carbonyl (C=O) groups is 2. The zero-order valence-electron chi connectivity index (χ0n) is 13.5. The van der Waals surface area contributed by atoms with Gasteiger partial charge in [0.05, 0.1) is 17.1 Å². The molecule has 0 spiro atoms. The van der Waals surface area contributed by atoms with Gasteiger partial charge < -0.3 is 10.1 Å². The van der Waals surface area contributed by atoms with Crippen LogP contribution in [-0.4, -0.2) is 39.2 Å². The molecule has 0 unspecified atom stereocenters. The van der Waals surface area contributed by atoms with Gasteiger partial charge in [-0.15, -0.1) is 0 Å². The predicted molar refractivity (Wildman–Crippen MR) is 86.7 cm³/mol. The number of esters is 1. The molecule has 0 aliphatic carbocycles. The number of aryl methyl sites for hydroxylation is 1. The third-order valence-corrected chi connectivity index (χ3v) is 4.90. The number of carbonyl (C=O) groups excluding carboxylic acids is 2. The number of sulfone groups is 1. The van der Waals surface area contributed by atoms with Gasteiger partial charge in [-0.25, -0.2) is 8.42 Å². The first-order valence-corrected chi connectivity index (χ1v) is 9.22. The first-order valence-electron chi connectivity index (χ1n) is 7.57. The second-order valence-electron chi connectivity index (χ2n) is 5.25.